The molecule has 2 aliphatic rings. The quantitative estimate of drug-likeness (QED) is 0.529. The van der Waals surface area contributed by atoms with Crippen molar-refractivity contribution >= 4 is 5.97 Å². The maximum absolute atomic E-state index is 11.7. The molecule has 2 rings (SSSR count). The zero-order valence-electron chi connectivity index (χ0n) is 11.0. The van der Waals surface area contributed by atoms with E-state index in [0.29, 0.717) is 18.4 Å². The molecule has 0 fully saturated rings. The highest BCUT2D eigenvalue weighted by Crippen LogP contribution is 2.31. The monoisotopic (exact) mass is 248 g/mol. The van der Waals surface area contributed by atoms with Gasteiger partial charge in [0.25, 0.3) is 0 Å². The molecule has 0 aromatic carbocycles. The summed E-state index contributed by atoms with van der Waals surface area (Å²) in [7, 11) is 0. The third-order valence-electron chi connectivity index (χ3n) is 3.40. The predicted molar refractivity (Wildman–Crippen MR) is 69.7 cm³/mol. The van der Waals surface area contributed by atoms with Gasteiger partial charge in [0.2, 0.25) is 5.79 Å². The van der Waals surface area contributed by atoms with Gasteiger partial charge in [0.15, 0.2) is 0 Å². The molecule has 0 aromatic heterocycles. The number of ether oxygens (including phenoxy) is 1. The first-order valence-corrected chi connectivity index (χ1v) is 6.47. The summed E-state index contributed by atoms with van der Waals surface area (Å²) in [5.74, 6) is -1.80. The zero-order chi connectivity index (χ0) is 13.2. The molecule has 1 N–H and O–H groups in total. The smallest absolute Gasteiger partial charge is 0.336 e. The molecule has 3 heteroatoms. The van der Waals surface area contributed by atoms with Gasteiger partial charge in [-0.1, -0.05) is 23.3 Å². The van der Waals surface area contributed by atoms with Crippen molar-refractivity contribution in [2.75, 3.05) is 0 Å². The number of hydrogen-bond donors (Lipinski definition) is 1. The van der Waals surface area contributed by atoms with Gasteiger partial charge in [-0.25, -0.2) is 4.79 Å². The van der Waals surface area contributed by atoms with Crippen LogP contribution in [0.25, 0.3) is 0 Å². The van der Waals surface area contributed by atoms with Gasteiger partial charge in [-0.3, -0.25) is 0 Å². The molecule has 0 amide bonds. The fourth-order valence-electron chi connectivity index (χ4n) is 2.44. The maximum atomic E-state index is 11.7. The fourth-order valence-corrected chi connectivity index (χ4v) is 2.44. The largest absolute Gasteiger partial charge is 0.426 e. The Labute approximate surface area is 108 Å². The number of hydrogen-bond acceptors (Lipinski definition) is 3. The minimum Gasteiger partial charge on any atom is -0.426 e. The minimum absolute atomic E-state index is 0.366. The fraction of sp³-hybridized carbons (Fsp3) is 0.533. The molecule has 0 aromatic rings. The first kappa shape index (κ1) is 13.1. The first-order chi connectivity index (χ1) is 8.48. The summed E-state index contributed by atoms with van der Waals surface area (Å²) >= 11 is 0. The van der Waals surface area contributed by atoms with Crippen LogP contribution >= 0.6 is 0 Å². The lowest BCUT2D eigenvalue weighted by Gasteiger charge is -2.19. The number of allylic oxidation sites excluding steroid dienone is 3. The van der Waals surface area contributed by atoms with Crippen molar-refractivity contribution in [2.45, 2.75) is 51.7 Å². The van der Waals surface area contributed by atoms with Crippen LogP contribution in [0.2, 0.25) is 0 Å². The number of fused-ring (bicyclic) bond motifs is 1. The number of rotatable bonds is 0. The van der Waals surface area contributed by atoms with Crippen LogP contribution in [-0.2, 0) is 9.53 Å². The molecule has 98 valence electrons. The molecule has 0 radical (unpaired) electrons. The Hall–Kier alpha value is -1.35. The second kappa shape index (κ2) is 5.11. The normalized spacial score (nSPS) is 29.5. The van der Waals surface area contributed by atoms with Gasteiger partial charge in [-0.15, -0.1) is 0 Å². The van der Waals surface area contributed by atoms with Crippen molar-refractivity contribution < 1.29 is 14.6 Å². The predicted octanol–water partition coefficient (Wildman–Crippen LogP) is 3.01. The van der Waals surface area contributed by atoms with E-state index >= 15 is 0 Å². The van der Waals surface area contributed by atoms with Crippen molar-refractivity contribution in [2.24, 2.45) is 0 Å². The lowest BCUT2D eigenvalue weighted by molar-refractivity contribution is -0.177. The van der Waals surface area contributed by atoms with E-state index in [1.165, 1.54) is 5.57 Å². The summed E-state index contributed by atoms with van der Waals surface area (Å²) in [5.41, 5.74) is 2.99. The van der Waals surface area contributed by atoms with Gasteiger partial charge >= 0.3 is 5.97 Å². The van der Waals surface area contributed by atoms with E-state index < -0.39 is 5.79 Å². The minimum atomic E-state index is -1.43. The Kier molecular flexibility index (Phi) is 3.71. The van der Waals surface area contributed by atoms with Crippen molar-refractivity contribution in [3.05, 3.63) is 34.9 Å². The molecular weight excluding hydrogens is 228 g/mol. The van der Waals surface area contributed by atoms with Gasteiger partial charge in [-0.05, 0) is 45.6 Å². The average Bonchev–Trinajstić information content (AvgIpc) is 2.52. The van der Waals surface area contributed by atoms with Crippen molar-refractivity contribution in [1.82, 2.24) is 0 Å². The van der Waals surface area contributed by atoms with Crippen LogP contribution in [0.15, 0.2) is 34.9 Å². The molecule has 2 bridgehead atoms. The molecular formula is C15H20O3. The van der Waals surface area contributed by atoms with Crippen LogP contribution in [0.4, 0.5) is 0 Å². The second-order valence-electron chi connectivity index (χ2n) is 5.26. The van der Waals surface area contributed by atoms with Crippen LogP contribution in [0.5, 0.6) is 0 Å². The van der Waals surface area contributed by atoms with Crippen molar-refractivity contribution in [3.8, 4) is 0 Å². The first-order valence-electron chi connectivity index (χ1n) is 6.47. The molecule has 0 saturated heterocycles. The van der Waals surface area contributed by atoms with Gasteiger partial charge in [0.05, 0.1) is 0 Å². The van der Waals surface area contributed by atoms with E-state index in [0.717, 1.165) is 24.8 Å². The molecule has 1 unspecified atom stereocenters. The summed E-state index contributed by atoms with van der Waals surface area (Å²) in [5, 5.41) is 10.2. The topological polar surface area (TPSA) is 46.5 Å². The lowest BCUT2D eigenvalue weighted by Crippen LogP contribution is -2.27. The molecule has 0 spiro atoms. The van der Waals surface area contributed by atoms with Crippen molar-refractivity contribution in [1.29, 1.82) is 0 Å². The number of carbonyl (C=O) groups excluding carboxylic acids is 1. The van der Waals surface area contributed by atoms with Crippen LogP contribution in [-0.4, -0.2) is 16.9 Å². The summed E-state index contributed by atoms with van der Waals surface area (Å²) in [6.45, 7) is 4.08. The molecule has 1 aliphatic heterocycles. The molecule has 1 aliphatic carbocycles. The highest BCUT2D eigenvalue weighted by molar-refractivity contribution is 5.91. The van der Waals surface area contributed by atoms with E-state index in [1.807, 2.05) is 6.92 Å². The summed E-state index contributed by atoms with van der Waals surface area (Å²) in [6, 6.07) is 0. The highest BCUT2D eigenvalue weighted by atomic mass is 16.7. The molecule has 3 nitrogen and oxygen atoms in total. The Morgan fingerprint density at radius 1 is 1.17 bits per heavy atom. The lowest BCUT2D eigenvalue weighted by atomic mass is 10.00. The van der Waals surface area contributed by atoms with E-state index in [-0.39, 0.29) is 5.97 Å². The van der Waals surface area contributed by atoms with E-state index in [4.69, 9.17) is 4.74 Å². The van der Waals surface area contributed by atoms with Crippen LogP contribution < -0.4 is 0 Å². The van der Waals surface area contributed by atoms with Gasteiger partial charge in [0.1, 0.15) is 0 Å². The van der Waals surface area contributed by atoms with Crippen molar-refractivity contribution in [3.63, 3.8) is 0 Å². The van der Waals surface area contributed by atoms with Gasteiger partial charge in [0, 0.05) is 12.0 Å². The van der Waals surface area contributed by atoms with E-state index in [2.05, 4.69) is 19.1 Å². The number of carbonyl (C=O) groups is 1. The Morgan fingerprint density at radius 2 is 1.83 bits per heavy atom. The Morgan fingerprint density at radius 3 is 2.61 bits per heavy atom. The summed E-state index contributed by atoms with van der Waals surface area (Å²) < 4.78 is 5.09. The average molecular weight is 248 g/mol. The number of aliphatic hydroxyl groups is 1. The summed E-state index contributed by atoms with van der Waals surface area (Å²) in [6.07, 6.45) is 9.68. The Bertz CT molecular complexity index is 443. The van der Waals surface area contributed by atoms with Crippen LogP contribution in [0, 0.1) is 0 Å². The third kappa shape index (κ3) is 3.10. The summed E-state index contributed by atoms with van der Waals surface area (Å²) in [4.78, 5) is 11.7. The van der Waals surface area contributed by atoms with Gasteiger partial charge in [-0.2, -0.15) is 0 Å². The zero-order valence-corrected chi connectivity index (χ0v) is 11.0. The molecule has 1 atom stereocenters. The van der Waals surface area contributed by atoms with Crippen LogP contribution in [0.3, 0.4) is 0 Å². The van der Waals surface area contributed by atoms with Gasteiger partial charge < -0.3 is 9.84 Å². The van der Waals surface area contributed by atoms with E-state index in [1.54, 1.807) is 6.08 Å². The molecule has 1 heterocycles. The Balaban J connectivity index is 2.24. The molecule has 18 heavy (non-hydrogen) atoms. The second-order valence-corrected chi connectivity index (χ2v) is 5.26. The maximum Gasteiger partial charge on any atom is 0.336 e. The number of esters is 1. The van der Waals surface area contributed by atoms with Crippen LogP contribution in [0.1, 0.15) is 46.0 Å². The SMILES string of the molecule is CC1=CCCC2=CC(O)(CC(C)=CCC1)OC2=O. The standard InChI is InChI=1S/C15H20O3/c1-11-5-3-7-12(2)9-15(17)10-13(8-4-6-11)14(16)18-15/h6-7,10,17H,3-5,8-9H2,1-2H3. The highest BCUT2D eigenvalue weighted by Gasteiger charge is 2.37. The molecule has 0 saturated carbocycles. The van der Waals surface area contributed by atoms with E-state index in [9.17, 15) is 9.90 Å². The third-order valence-corrected chi connectivity index (χ3v) is 3.40.